The van der Waals surface area contributed by atoms with Crippen LogP contribution in [0.2, 0.25) is 0 Å². The third-order valence-corrected chi connectivity index (χ3v) is 3.51. The zero-order chi connectivity index (χ0) is 13.4. The Labute approximate surface area is 109 Å². The van der Waals surface area contributed by atoms with Crippen molar-refractivity contribution in [2.24, 2.45) is 5.92 Å². The number of hydrogen-bond donors (Lipinski definition) is 2. The van der Waals surface area contributed by atoms with Gasteiger partial charge in [-0.25, -0.2) is 0 Å². The Hall–Kier alpha value is -2.37. The Morgan fingerprint density at radius 1 is 1.42 bits per heavy atom. The number of nitrogens with zero attached hydrogens (tertiary/aromatic N) is 2. The van der Waals surface area contributed by atoms with Gasteiger partial charge in [-0.1, -0.05) is 0 Å². The van der Waals surface area contributed by atoms with E-state index in [0.717, 1.165) is 10.9 Å². The molecular formula is C13H13N3O3. The lowest BCUT2D eigenvalue weighted by Crippen LogP contribution is -2.29. The number of H-pyrrole nitrogens is 1. The van der Waals surface area contributed by atoms with E-state index in [4.69, 9.17) is 5.11 Å². The predicted octanol–water partition coefficient (Wildman–Crippen LogP) is 1.11. The van der Waals surface area contributed by atoms with E-state index in [0.29, 0.717) is 18.5 Å². The molecule has 0 radical (unpaired) electrons. The molecular weight excluding hydrogens is 246 g/mol. The summed E-state index contributed by atoms with van der Waals surface area (Å²) in [5.74, 6) is -1.39. The van der Waals surface area contributed by atoms with E-state index in [2.05, 4.69) is 10.2 Å². The number of fused-ring (bicyclic) bond motifs is 1. The number of nitrogens with one attached hydrogen (secondary N) is 1. The maximum absolute atomic E-state index is 12.3. The van der Waals surface area contributed by atoms with E-state index in [-0.39, 0.29) is 12.5 Å². The second kappa shape index (κ2) is 4.38. The van der Waals surface area contributed by atoms with Gasteiger partial charge in [-0.15, -0.1) is 0 Å². The molecule has 0 spiro atoms. The molecule has 2 N–H and O–H groups in total. The Morgan fingerprint density at radius 3 is 3.00 bits per heavy atom. The molecule has 1 aromatic heterocycles. The van der Waals surface area contributed by atoms with Crippen LogP contribution in [-0.4, -0.2) is 45.2 Å². The summed E-state index contributed by atoms with van der Waals surface area (Å²) in [6, 6.07) is 5.31. The number of aromatic nitrogens is 2. The quantitative estimate of drug-likeness (QED) is 0.845. The standard InChI is InChI=1S/C13H13N3O3/c17-12(16-4-3-9(7-16)13(18)19)8-1-2-11-10(5-8)6-14-15-11/h1-2,5-6,9H,3-4,7H2,(H,14,15)(H,18,19)/t9-/m0/s1. The van der Waals surface area contributed by atoms with Gasteiger partial charge in [0.1, 0.15) is 0 Å². The summed E-state index contributed by atoms with van der Waals surface area (Å²) < 4.78 is 0. The molecule has 2 aromatic rings. The number of amides is 1. The lowest BCUT2D eigenvalue weighted by Gasteiger charge is -2.15. The largest absolute Gasteiger partial charge is 0.481 e. The van der Waals surface area contributed by atoms with Gasteiger partial charge >= 0.3 is 5.97 Å². The van der Waals surface area contributed by atoms with Gasteiger partial charge in [0.2, 0.25) is 0 Å². The van der Waals surface area contributed by atoms with Gasteiger partial charge in [0.25, 0.3) is 5.91 Å². The first kappa shape index (κ1) is 11.7. The Morgan fingerprint density at radius 2 is 2.26 bits per heavy atom. The maximum Gasteiger partial charge on any atom is 0.308 e. The lowest BCUT2D eigenvalue weighted by molar-refractivity contribution is -0.141. The summed E-state index contributed by atoms with van der Waals surface area (Å²) in [6.07, 6.45) is 2.19. The molecule has 1 aromatic carbocycles. The minimum Gasteiger partial charge on any atom is -0.481 e. The first-order chi connectivity index (χ1) is 9.15. The monoisotopic (exact) mass is 259 g/mol. The van der Waals surface area contributed by atoms with Crippen molar-refractivity contribution in [2.45, 2.75) is 6.42 Å². The van der Waals surface area contributed by atoms with E-state index >= 15 is 0 Å². The molecule has 0 unspecified atom stereocenters. The van der Waals surface area contributed by atoms with Crippen LogP contribution >= 0.6 is 0 Å². The van der Waals surface area contributed by atoms with Crippen molar-refractivity contribution >= 4 is 22.8 Å². The van der Waals surface area contributed by atoms with Gasteiger partial charge in [-0.3, -0.25) is 14.7 Å². The molecule has 1 atom stereocenters. The summed E-state index contributed by atoms with van der Waals surface area (Å²) >= 11 is 0. The second-order valence-corrected chi connectivity index (χ2v) is 4.75. The van der Waals surface area contributed by atoms with Crippen LogP contribution < -0.4 is 0 Å². The lowest BCUT2D eigenvalue weighted by atomic mass is 10.1. The molecule has 3 rings (SSSR count). The smallest absolute Gasteiger partial charge is 0.308 e. The molecule has 1 amide bonds. The molecule has 1 saturated heterocycles. The highest BCUT2D eigenvalue weighted by atomic mass is 16.4. The molecule has 1 aliphatic rings. The fourth-order valence-electron chi connectivity index (χ4n) is 2.40. The number of carboxylic acid groups (broad SMARTS) is 1. The summed E-state index contributed by atoms with van der Waals surface area (Å²) in [5, 5.41) is 16.6. The first-order valence-corrected chi connectivity index (χ1v) is 6.10. The van der Waals surface area contributed by atoms with Gasteiger partial charge in [0.05, 0.1) is 17.6 Å². The maximum atomic E-state index is 12.3. The number of aliphatic carboxylic acids is 1. The van der Waals surface area contributed by atoms with Gasteiger partial charge in [-0.05, 0) is 24.6 Å². The van der Waals surface area contributed by atoms with E-state index in [1.165, 1.54) is 0 Å². The molecule has 0 saturated carbocycles. The topological polar surface area (TPSA) is 86.3 Å². The van der Waals surface area contributed by atoms with Crippen molar-refractivity contribution in [1.82, 2.24) is 15.1 Å². The normalized spacial score (nSPS) is 18.9. The number of likely N-dealkylation sites (tertiary alicyclic amines) is 1. The number of carbonyl (C=O) groups is 2. The second-order valence-electron chi connectivity index (χ2n) is 4.75. The van der Waals surface area contributed by atoms with Crippen molar-refractivity contribution in [3.63, 3.8) is 0 Å². The van der Waals surface area contributed by atoms with Crippen LogP contribution in [0.3, 0.4) is 0 Å². The summed E-state index contributed by atoms with van der Waals surface area (Å²) in [5.41, 5.74) is 1.45. The van der Waals surface area contributed by atoms with Crippen molar-refractivity contribution in [3.05, 3.63) is 30.0 Å². The highest BCUT2D eigenvalue weighted by molar-refractivity contribution is 5.98. The van der Waals surface area contributed by atoms with Crippen LogP contribution in [0.15, 0.2) is 24.4 Å². The minimum atomic E-state index is -0.833. The van der Waals surface area contributed by atoms with E-state index < -0.39 is 11.9 Å². The molecule has 0 bridgehead atoms. The zero-order valence-electron chi connectivity index (χ0n) is 10.2. The third kappa shape index (κ3) is 2.05. The molecule has 98 valence electrons. The fraction of sp³-hybridized carbons (Fsp3) is 0.308. The highest BCUT2D eigenvalue weighted by Crippen LogP contribution is 2.20. The van der Waals surface area contributed by atoms with Gasteiger partial charge in [0.15, 0.2) is 0 Å². The van der Waals surface area contributed by atoms with Crippen molar-refractivity contribution in [1.29, 1.82) is 0 Å². The third-order valence-electron chi connectivity index (χ3n) is 3.51. The number of aromatic amines is 1. The number of benzene rings is 1. The average Bonchev–Trinajstić information content (AvgIpc) is 3.06. The van der Waals surface area contributed by atoms with Crippen molar-refractivity contribution in [2.75, 3.05) is 13.1 Å². The Bertz CT molecular complexity index is 649. The van der Waals surface area contributed by atoms with Crippen LogP contribution in [-0.2, 0) is 4.79 Å². The van der Waals surface area contributed by atoms with Crippen LogP contribution in [0, 0.1) is 5.92 Å². The van der Waals surface area contributed by atoms with Crippen molar-refractivity contribution in [3.8, 4) is 0 Å². The molecule has 1 aliphatic heterocycles. The molecule has 6 nitrogen and oxygen atoms in total. The van der Waals surface area contributed by atoms with Gasteiger partial charge in [0, 0.05) is 24.0 Å². The minimum absolute atomic E-state index is 0.119. The van der Waals surface area contributed by atoms with Crippen molar-refractivity contribution < 1.29 is 14.7 Å². The van der Waals surface area contributed by atoms with Crippen LogP contribution in [0.4, 0.5) is 0 Å². The number of carbonyl (C=O) groups excluding carboxylic acids is 1. The SMILES string of the molecule is O=C(O)[C@H]1CCN(C(=O)c2ccc3[nH]ncc3c2)C1. The summed E-state index contributed by atoms with van der Waals surface area (Å²) in [6.45, 7) is 0.789. The van der Waals surface area contributed by atoms with Gasteiger partial charge in [-0.2, -0.15) is 5.10 Å². The average molecular weight is 259 g/mol. The van der Waals surface area contributed by atoms with Crippen LogP contribution in [0.25, 0.3) is 10.9 Å². The van der Waals surface area contributed by atoms with Gasteiger partial charge < -0.3 is 10.0 Å². The molecule has 6 heteroatoms. The number of carboxylic acids is 1. The molecule has 0 aliphatic carbocycles. The molecule has 1 fully saturated rings. The van der Waals surface area contributed by atoms with Crippen LogP contribution in [0.1, 0.15) is 16.8 Å². The van der Waals surface area contributed by atoms with Crippen LogP contribution in [0.5, 0.6) is 0 Å². The number of hydrogen-bond acceptors (Lipinski definition) is 3. The number of rotatable bonds is 2. The zero-order valence-corrected chi connectivity index (χ0v) is 10.2. The fourth-order valence-corrected chi connectivity index (χ4v) is 2.40. The van der Waals surface area contributed by atoms with E-state index in [9.17, 15) is 9.59 Å². The first-order valence-electron chi connectivity index (χ1n) is 6.10. The highest BCUT2D eigenvalue weighted by Gasteiger charge is 2.31. The Balaban J connectivity index is 1.82. The Kier molecular flexibility index (Phi) is 2.70. The summed E-state index contributed by atoms with van der Waals surface area (Å²) in [7, 11) is 0. The van der Waals surface area contributed by atoms with E-state index in [1.807, 2.05) is 0 Å². The van der Waals surface area contributed by atoms with E-state index in [1.54, 1.807) is 29.3 Å². The molecule has 19 heavy (non-hydrogen) atoms. The summed E-state index contributed by atoms with van der Waals surface area (Å²) in [4.78, 5) is 24.8. The predicted molar refractivity (Wildman–Crippen MR) is 67.7 cm³/mol. The molecule has 2 heterocycles.